The van der Waals surface area contributed by atoms with Crippen molar-refractivity contribution < 1.29 is 19.1 Å². The van der Waals surface area contributed by atoms with Crippen LogP contribution in [-0.2, 0) is 16.0 Å². The summed E-state index contributed by atoms with van der Waals surface area (Å²) in [4.78, 5) is 41.0. The summed E-state index contributed by atoms with van der Waals surface area (Å²) in [5, 5.41) is 0.553. The van der Waals surface area contributed by atoms with Crippen LogP contribution in [0, 0.1) is 0 Å². The first-order valence-electron chi connectivity index (χ1n) is 9.85. The molecular formula is C24H18Cl2N2O4. The molecule has 4 amide bonds. The van der Waals surface area contributed by atoms with Gasteiger partial charge in [0.2, 0.25) is 0 Å². The quantitative estimate of drug-likeness (QED) is 0.438. The fourth-order valence-electron chi connectivity index (χ4n) is 3.50. The number of hydrogen-bond donors (Lipinski definition) is 0. The third-order valence-corrected chi connectivity index (χ3v) is 5.78. The second-order valence-electron chi connectivity index (χ2n) is 7.09. The van der Waals surface area contributed by atoms with Crippen LogP contribution in [0.1, 0.15) is 17.2 Å². The van der Waals surface area contributed by atoms with Gasteiger partial charge in [0.25, 0.3) is 5.91 Å². The normalized spacial score (nSPS) is 15.9. The molecule has 1 aliphatic rings. The van der Waals surface area contributed by atoms with E-state index in [1.54, 1.807) is 42.5 Å². The van der Waals surface area contributed by atoms with Crippen molar-refractivity contribution in [3.63, 3.8) is 0 Å². The molecule has 1 saturated heterocycles. The number of ether oxygens (including phenoxy) is 1. The van der Waals surface area contributed by atoms with Crippen molar-refractivity contribution in [3.05, 3.63) is 100 Å². The average Bonchev–Trinajstić information content (AvgIpc) is 3.07. The molecule has 1 aliphatic heterocycles. The molecule has 0 aliphatic carbocycles. The van der Waals surface area contributed by atoms with Gasteiger partial charge < -0.3 is 4.74 Å². The second kappa shape index (κ2) is 9.42. The molecule has 3 aromatic rings. The lowest BCUT2D eigenvalue weighted by molar-refractivity contribution is -0.126. The summed E-state index contributed by atoms with van der Waals surface area (Å²) in [5.41, 5.74) is 1.86. The Balaban J connectivity index is 1.61. The van der Waals surface area contributed by atoms with Crippen LogP contribution in [0.4, 0.5) is 15.3 Å². The van der Waals surface area contributed by atoms with Crippen molar-refractivity contribution in [2.45, 2.75) is 12.5 Å². The van der Waals surface area contributed by atoms with E-state index in [0.717, 1.165) is 5.56 Å². The van der Waals surface area contributed by atoms with E-state index in [4.69, 9.17) is 27.9 Å². The Bertz CT molecular complexity index is 1160. The van der Waals surface area contributed by atoms with Crippen LogP contribution in [-0.4, -0.2) is 29.5 Å². The zero-order valence-corrected chi connectivity index (χ0v) is 18.3. The summed E-state index contributed by atoms with van der Waals surface area (Å²) in [6.07, 6.45) is -0.555. The lowest BCUT2D eigenvalue weighted by Gasteiger charge is -2.22. The van der Waals surface area contributed by atoms with E-state index in [0.29, 0.717) is 27.6 Å². The van der Waals surface area contributed by atoms with E-state index < -0.39 is 24.1 Å². The van der Waals surface area contributed by atoms with Gasteiger partial charge in [0.15, 0.2) is 0 Å². The molecule has 0 aromatic heterocycles. The Labute approximate surface area is 194 Å². The van der Waals surface area contributed by atoms with Crippen molar-refractivity contribution in [2.24, 2.45) is 0 Å². The molecule has 0 saturated carbocycles. The Morgan fingerprint density at radius 2 is 1.53 bits per heavy atom. The number of para-hydroxylation sites is 1. The van der Waals surface area contributed by atoms with E-state index in [9.17, 15) is 14.4 Å². The number of rotatable bonds is 5. The maximum absolute atomic E-state index is 13.3. The van der Waals surface area contributed by atoms with Gasteiger partial charge in [0, 0.05) is 12.1 Å². The molecule has 0 radical (unpaired) electrons. The van der Waals surface area contributed by atoms with Crippen LogP contribution in [0.25, 0.3) is 0 Å². The molecule has 32 heavy (non-hydrogen) atoms. The maximum Gasteiger partial charge on any atom is 0.425 e. The maximum atomic E-state index is 13.3. The van der Waals surface area contributed by atoms with Gasteiger partial charge in [-0.2, -0.15) is 4.90 Å². The molecule has 8 heteroatoms. The number of carbonyl (C=O) groups is 3. The summed E-state index contributed by atoms with van der Waals surface area (Å²) >= 11 is 12.2. The molecule has 162 valence electrons. The van der Waals surface area contributed by atoms with Gasteiger partial charge >= 0.3 is 12.1 Å². The fourth-order valence-corrected chi connectivity index (χ4v) is 3.81. The van der Waals surface area contributed by atoms with Crippen LogP contribution in [0.3, 0.4) is 0 Å². The number of amides is 4. The van der Waals surface area contributed by atoms with E-state index >= 15 is 0 Å². The van der Waals surface area contributed by atoms with Gasteiger partial charge in [-0.1, -0.05) is 77.8 Å². The molecule has 0 bridgehead atoms. The highest BCUT2D eigenvalue weighted by atomic mass is 35.5. The number of hydrogen-bond acceptors (Lipinski definition) is 4. The number of carbonyl (C=O) groups excluding carboxylic acids is 3. The summed E-state index contributed by atoms with van der Waals surface area (Å²) < 4.78 is 5.25. The number of anilines is 1. The molecule has 3 aromatic carbocycles. The van der Waals surface area contributed by atoms with Crippen molar-refractivity contribution in [1.29, 1.82) is 0 Å². The molecular weight excluding hydrogens is 451 g/mol. The van der Waals surface area contributed by atoms with Crippen molar-refractivity contribution >= 4 is 46.9 Å². The Kier molecular flexibility index (Phi) is 6.44. The third-order valence-electron chi connectivity index (χ3n) is 5.05. The van der Waals surface area contributed by atoms with Crippen LogP contribution < -0.4 is 4.90 Å². The van der Waals surface area contributed by atoms with Gasteiger partial charge in [-0.15, -0.1) is 0 Å². The number of halogens is 2. The van der Waals surface area contributed by atoms with E-state index in [2.05, 4.69) is 0 Å². The van der Waals surface area contributed by atoms with E-state index in [-0.39, 0.29) is 11.6 Å². The Hall–Kier alpha value is -3.35. The van der Waals surface area contributed by atoms with E-state index in [1.807, 2.05) is 30.3 Å². The first-order chi connectivity index (χ1) is 15.5. The van der Waals surface area contributed by atoms with Crippen LogP contribution in [0.5, 0.6) is 0 Å². The molecule has 1 heterocycles. The minimum absolute atomic E-state index is 0.0304. The molecule has 0 N–H and O–H groups in total. The molecule has 4 rings (SSSR count). The zero-order chi connectivity index (χ0) is 22.7. The topological polar surface area (TPSA) is 66.9 Å². The van der Waals surface area contributed by atoms with Gasteiger partial charge in [0.1, 0.15) is 6.04 Å². The predicted octanol–water partition coefficient (Wildman–Crippen LogP) is 5.88. The zero-order valence-electron chi connectivity index (χ0n) is 16.8. The van der Waals surface area contributed by atoms with Crippen molar-refractivity contribution in [1.82, 2.24) is 4.90 Å². The highest BCUT2D eigenvalue weighted by Gasteiger charge is 2.50. The summed E-state index contributed by atoms with van der Waals surface area (Å²) in [5.74, 6) is -0.720. The predicted molar refractivity (Wildman–Crippen MR) is 122 cm³/mol. The summed E-state index contributed by atoms with van der Waals surface area (Å²) in [6.45, 7) is 0.0304. The number of benzene rings is 3. The van der Waals surface area contributed by atoms with Crippen LogP contribution >= 0.6 is 23.2 Å². The summed E-state index contributed by atoms with van der Waals surface area (Å²) in [7, 11) is 0. The van der Waals surface area contributed by atoms with Crippen molar-refractivity contribution in [2.75, 3.05) is 11.5 Å². The first kappa shape index (κ1) is 21.9. The fraction of sp³-hybridized carbons (Fsp3) is 0.125. The highest BCUT2D eigenvalue weighted by Crippen LogP contribution is 2.37. The standard InChI is InChI=1S/C24H18Cl2N2O4/c25-19-12-11-17(15-20(19)26)21-22(29)28(23(30)27(21)18-9-5-2-6-10-18)24(31)32-14-13-16-7-3-1-4-8-16/h1-12,15,21H,13-14H2. The van der Waals surface area contributed by atoms with Crippen LogP contribution in [0.2, 0.25) is 10.0 Å². The average molecular weight is 469 g/mol. The minimum Gasteiger partial charge on any atom is -0.448 e. The smallest absolute Gasteiger partial charge is 0.425 e. The largest absolute Gasteiger partial charge is 0.448 e. The molecule has 1 unspecified atom stereocenters. The second-order valence-corrected chi connectivity index (χ2v) is 7.90. The van der Waals surface area contributed by atoms with Crippen molar-refractivity contribution in [3.8, 4) is 0 Å². The molecule has 0 spiro atoms. The third kappa shape index (κ3) is 4.33. The van der Waals surface area contributed by atoms with Crippen LogP contribution in [0.15, 0.2) is 78.9 Å². The minimum atomic E-state index is -1.08. The SMILES string of the molecule is O=C(OCCc1ccccc1)N1C(=O)C(c2ccc(Cl)c(Cl)c2)N(c2ccccc2)C1=O. The lowest BCUT2D eigenvalue weighted by Crippen LogP contribution is -2.38. The Morgan fingerprint density at radius 3 is 2.19 bits per heavy atom. The molecule has 6 nitrogen and oxygen atoms in total. The van der Waals surface area contributed by atoms with E-state index in [1.165, 1.54) is 11.0 Å². The first-order valence-corrected chi connectivity index (χ1v) is 10.6. The Morgan fingerprint density at radius 1 is 0.875 bits per heavy atom. The summed E-state index contributed by atoms with van der Waals surface area (Å²) in [6, 6.07) is 20.9. The lowest BCUT2D eigenvalue weighted by atomic mass is 10.1. The molecule has 1 fully saturated rings. The van der Waals surface area contributed by atoms with Gasteiger partial charge in [0.05, 0.1) is 16.7 Å². The number of urea groups is 1. The van der Waals surface area contributed by atoms with Gasteiger partial charge in [-0.05, 0) is 35.4 Å². The molecule has 1 atom stereocenters. The number of nitrogens with zero attached hydrogens (tertiary/aromatic N) is 2. The highest BCUT2D eigenvalue weighted by molar-refractivity contribution is 6.42. The monoisotopic (exact) mass is 468 g/mol. The van der Waals surface area contributed by atoms with Gasteiger partial charge in [-0.25, -0.2) is 9.59 Å². The van der Waals surface area contributed by atoms with Gasteiger partial charge in [-0.3, -0.25) is 9.69 Å². The number of imide groups is 3.